The second-order valence-electron chi connectivity index (χ2n) is 4.54. The lowest BCUT2D eigenvalue weighted by Crippen LogP contribution is -2.01. The zero-order valence-corrected chi connectivity index (χ0v) is 12.1. The number of nitrogen functional groups attached to an aromatic ring is 1. The van der Waals surface area contributed by atoms with Gasteiger partial charge in [0.05, 0.1) is 11.5 Å². The van der Waals surface area contributed by atoms with E-state index in [1.54, 1.807) is 11.3 Å². The quantitative estimate of drug-likeness (QED) is 0.534. The Hall–Kier alpha value is -1.32. The first kappa shape index (κ1) is 12.7. The van der Waals surface area contributed by atoms with Crippen LogP contribution in [-0.4, -0.2) is 15.7 Å². The zero-order valence-electron chi connectivity index (χ0n) is 10.5. The number of thiophene rings is 1. The molecule has 0 aromatic carbocycles. The van der Waals surface area contributed by atoms with Crippen LogP contribution in [0.25, 0.3) is 10.2 Å². The number of nitrogens with zero attached hydrogens (tertiary/aromatic N) is 3. The van der Waals surface area contributed by atoms with Gasteiger partial charge in [0.1, 0.15) is 10.6 Å². The van der Waals surface area contributed by atoms with Crippen molar-refractivity contribution in [2.75, 3.05) is 11.5 Å². The average Bonchev–Trinajstić information content (AvgIpc) is 2.77. The number of aryl methyl sites for hydroxylation is 2. The summed E-state index contributed by atoms with van der Waals surface area (Å²) >= 11 is 3.26. The largest absolute Gasteiger partial charge is 0.383 e. The minimum absolute atomic E-state index is 0.507. The summed E-state index contributed by atoms with van der Waals surface area (Å²) in [7, 11) is 0. The number of hydrogen-bond acceptors (Lipinski definition) is 6. The highest BCUT2D eigenvalue weighted by Crippen LogP contribution is 2.38. The van der Waals surface area contributed by atoms with Crippen LogP contribution in [-0.2, 0) is 12.8 Å². The third-order valence-electron chi connectivity index (χ3n) is 3.27. The number of anilines is 1. The van der Waals surface area contributed by atoms with Gasteiger partial charge in [-0.05, 0) is 31.2 Å². The van der Waals surface area contributed by atoms with E-state index < -0.39 is 0 Å². The van der Waals surface area contributed by atoms with E-state index in [1.807, 2.05) is 0 Å². The maximum atomic E-state index is 8.55. The van der Waals surface area contributed by atoms with Gasteiger partial charge in [-0.3, -0.25) is 0 Å². The molecule has 0 saturated carbocycles. The normalized spacial score (nSPS) is 14.3. The molecular formula is C13H14N4S2. The average molecular weight is 290 g/mol. The Bertz CT molecular complexity index is 657. The minimum atomic E-state index is 0.507. The Morgan fingerprint density at radius 3 is 3.00 bits per heavy atom. The van der Waals surface area contributed by atoms with Crippen LogP contribution in [0.3, 0.4) is 0 Å². The SMILES string of the molecule is N#CCCSc1nc(N)c2c3c(sc2n1)CCCC3. The first-order chi connectivity index (χ1) is 9.29. The molecule has 0 radical (unpaired) electrons. The van der Waals surface area contributed by atoms with Gasteiger partial charge in [-0.2, -0.15) is 5.26 Å². The molecule has 2 N–H and O–H groups in total. The van der Waals surface area contributed by atoms with Gasteiger partial charge in [0.25, 0.3) is 0 Å². The van der Waals surface area contributed by atoms with E-state index in [4.69, 9.17) is 11.0 Å². The summed E-state index contributed by atoms with van der Waals surface area (Å²) in [6, 6.07) is 2.12. The van der Waals surface area contributed by atoms with Crippen molar-refractivity contribution in [2.45, 2.75) is 37.3 Å². The van der Waals surface area contributed by atoms with E-state index in [1.165, 1.54) is 35.0 Å². The van der Waals surface area contributed by atoms with Crippen LogP contribution in [0.1, 0.15) is 29.7 Å². The second-order valence-corrected chi connectivity index (χ2v) is 6.68. The van der Waals surface area contributed by atoms with Crippen LogP contribution < -0.4 is 5.73 Å². The van der Waals surface area contributed by atoms with Crippen molar-refractivity contribution in [3.05, 3.63) is 10.4 Å². The molecule has 0 unspecified atom stereocenters. The number of hydrogen-bond donors (Lipinski definition) is 1. The summed E-state index contributed by atoms with van der Waals surface area (Å²) in [4.78, 5) is 11.4. The van der Waals surface area contributed by atoms with E-state index in [-0.39, 0.29) is 0 Å². The molecule has 1 aliphatic carbocycles. The number of rotatable bonds is 3. The van der Waals surface area contributed by atoms with Crippen molar-refractivity contribution in [1.29, 1.82) is 5.26 Å². The van der Waals surface area contributed by atoms with E-state index in [2.05, 4.69) is 16.0 Å². The Morgan fingerprint density at radius 2 is 2.16 bits per heavy atom. The Balaban J connectivity index is 1.99. The molecule has 2 heterocycles. The summed E-state index contributed by atoms with van der Waals surface area (Å²) in [5.41, 5.74) is 7.48. The van der Waals surface area contributed by atoms with Gasteiger partial charge < -0.3 is 5.73 Å². The molecule has 6 heteroatoms. The van der Waals surface area contributed by atoms with E-state index in [0.29, 0.717) is 23.1 Å². The molecular weight excluding hydrogens is 276 g/mol. The molecule has 2 aromatic heterocycles. The van der Waals surface area contributed by atoms with E-state index >= 15 is 0 Å². The molecule has 4 nitrogen and oxygen atoms in total. The van der Waals surface area contributed by atoms with Crippen LogP contribution in [0, 0.1) is 11.3 Å². The fraction of sp³-hybridized carbons (Fsp3) is 0.462. The lowest BCUT2D eigenvalue weighted by atomic mass is 9.97. The number of thioether (sulfide) groups is 1. The fourth-order valence-electron chi connectivity index (χ4n) is 2.42. The van der Waals surface area contributed by atoms with Gasteiger partial charge in [0.2, 0.25) is 0 Å². The molecule has 0 spiro atoms. The predicted octanol–water partition coefficient (Wildman–Crippen LogP) is 3.16. The zero-order chi connectivity index (χ0) is 13.2. The van der Waals surface area contributed by atoms with Gasteiger partial charge in [0, 0.05) is 17.1 Å². The van der Waals surface area contributed by atoms with Crippen molar-refractivity contribution >= 4 is 39.1 Å². The lowest BCUT2D eigenvalue weighted by molar-refractivity contribution is 0.700. The van der Waals surface area contributed by atoms with Gasteiger partial charge in [-0.1, -0.05) is 11.8 Å². The molecule has 98 valence electrons. The van der Waals surface area contributed by atoms with E-state index in [9.17, 15) is 0 Å². The van der Waals surface area contributed by atoms with Crippen LogP contribution in [0.4, 0.5) is 5.82 Å². The smallest absolute Gasteiger partial charge is 0.190 e. The molecule has 0 bridgehead atoms. The van der Waals surface area contributed by atoms with Crippen LogP contribution in [0.5, 0.6) is 0 Å². The van der Waals surface area contributed by atoms with Crippen molar-refractivity contribution < 1.29 is 0 Å². The topological polar surface area (TPSA) is 75.6 Å². The number of nitriles is 1. The molecule has 0 aliphatic heterocycles. The van der Waals surface area contributed by atoms with Gasteiger partial charge in [0.15, 0.2) is 5.16 Å². The van der Waals surface area contributed by atoms with E-state index in [0.717, 1.165) is 23.1 Å². The molecule has 3 rings (SSSR count). The highest BCUT2D eigenvalue weighted by molar-refractivity contribution is 7.99. The Labute approximate surface area is 120 Å². The summed E-state index contributed by atoms with van der Waals surface area (Å²) in [6.45, 7) is 0. The summed E-state index contributed by atoms with van der Waals surface area (Å²) < 4.78 is 0. The van der Waals surface area contributed by atoms with Crippen LogP contribution >= 0.6 is 23.1 Å². The number of fused-ring (bicyclic) bond motifs is 3. The maximum Gasteiger partial charge on any atom is 0.190 e. The first-order valence-electron chi connectivity index (χ1n) is 6.37. The first-order valence-corrected chi connectivity index (χ1v) is 8.17. The molecule has 0 saturated heterocycles. The summed E-state index contributed by atoms with van der Waals surface area (Å²) in [5.74, 6) is 1.32. The monoisotopic (exact) mass is 290 g/mol. The molecule has 0 fully saturated rings. The van der Waals surface area contributed by atoms with Crippen molar-refractivity contribution in [3.63, 3.8) is 0 Å². The molecule has 0 atom stereocenters. The van der Waals surface area contributed by atoms with Crippen molar-refractivity contribution in [1.82, 2.24) is 9.97 Å². The number of aromatic nitrogens is 2. The lowest BCUT2D eigenvalue weighted by Gasteiger charge is -2.10. The minimum Gasteiger partial charge on any atom is -0.383 e. The van der Waals surface area contributed by atoms with Gasteiger partial charge >= 0.3 is 0 Å². The maximum absolute atomic E-state index is 8.55. The summed E-state index contributed by atoms with van der Waals surface area (Å²) in [6.07, 6.45) is 5.25. The highest BCUT2D eigenvalue weighted by atomic mass is 32.2. The predicted molar refractivity (Wildman–Crippen MR) is 79.4 cm³/mol. The standard InChI is InChI=1S/C13H14N4S2/c14-6-3-7-18-13-16-11(15)10-8-4-1-2-5-9(8)19-12(10)17-13/h1-5,7H2,(H2,15,16,17). The highest BCUT2D eigenvalue weighted by Gasteiger charge is 2.19. The Morgan fingerprint density at radius 1 is 1.32 bits per heavy atom. The van der Waals surface area contributed by atoms with Crippen LogP contribution in [0.15, 0.2) is 5.16 Å². The van der Waals surface area contributed by atoms with Gasteiger partial charge in [-0.15, -0.1) is 11.3 Å². The molecule has 19 heavy (non-hydrogen) atoms. The van der Waals surface area contributed by atoms with Crippen LogP contribution in [0.2, 0.25) is 0 Å². The fourth-order valence-corrected chi connectivity index (χ4v) is 4.44. The third-order valence-corrected chi connectivity index (χ3v) is 5.30. The third kappa shape index (κ3) is 2.40. The summed E-state index contributed by atoms with van der Waals surface area (Å²) in [5, 5.41) is 10.3. The second kappa shape index (κ2) is 5.35. The molecule has 1 aliphatic rings. The molecule has 0 amide bonds. The Kier molecular flexibility index (Phi) is 3.58. The van der Waals surface area contributed by atoms with Crippen molar-refractivity contribution in [3.8, 4) is 6.07 Å². The molecule has 2 aromatic rings. The van der Waals surface area contributed by atoms with Gasteiger partial charge in [-0.25, -0.2) is 9.97 Å². The number of nitrogens with two attached hydrogens (primary N) is 1. The van der Waals surface area contributed by atoms with Crippen molar-refractivity contribution in [2.24, 2.45) is 0 Å².